The van der Waals surface area contributed by atoms with Crippen LogP contribution in [0.2, 0.25) is 0 Å². The van der Waals surface area contributed by atoms with Crippen LogP contribution in [-0.2, 0) is 9.59 Å². The van der Waals surface area contributed by atoms with E-state index in [0.717, 1.165) is 35.5 Å². The van der Waals surface area contributed by atoms with Crippen LogP contribution in [0.4, 0.5) is 0 Å². The van der Waals surface area contributed by atoms with Crippen molar-refractivity contribution < 1.29 is 27.9 Å². The fraction of sp³-hybridized carbons (Fsp3) is 0.429. The molecule has 0 amide bonds. The second kappa shape index (κ2) is 7.14. The SMILES string of the molecule is O=C(Oc1csc(=O)o1)C1CCCCC1C(=O)Oc1csc(=O)o1. The maximum absolute atomic E-state index is 12.3. The fourth-order valence-electron chi connectivity index (χ4n) is 2.59. The standard InChI is InChI=1S/C14H12O8S2/c15-11(19-9-5-23-13(17)21-9)7-3-1-2-4-8(7)12(16)20-10-6-24-14(18)22-10/h5-8H,1-4H2. The Morgan fingerprint density at radius 1 is 0.875 bits per heavy atom. The van der Waals surface area contributed by atoms with Crippen molar-refractivity contribution in [3.63, 3.8) is 0 Å². The molecule has 3 rings (SSSR count). The highest BCUT2D eigenvalue weighted by molar-refractivity contribution is 7.07. The highest BCUT2D eigenvalue weighted by Crippen LogP contribution is 2.33. The number of carbonyl (C=O) groups excluding carboxylic acids is 2. The van der Waals surface area contributed by atoms with Gasteiger partial charge >= 0.3 is 33.7 Å². The molecule has 0 saturated heterocycles. The lowest BCUT2D eigenvalue weighted by Gasteiger charge is -2.27. The molecule has 10 heteroatoms. The molecule has 1 aliphatic carbocycles. The second-order valence-corrected chi connectivity index (χ2v) is 6.76. The van der Waals surface area contributed by atoms with Gasteiger partial charge in [0, 0.05) is 0 Å². The van der Waals surface area contributed by atoms with E-state index in [2.05, 4.69) is 0 Å². The van der Waals surface area contributed by atoms with E-state index in [-0.39, 0.29) is 11.9 Å². The van der Waals surface area contributed by atoms with Gasteiger partial charge in [-0.25, -0.2) is 9.59 Å². The van der Waals surface area contributed by atoms with Crippen molar-refractivity contribution in [2.75, 3.05) is 0 Å². The van der Waals surface area contributed by atoms with Crippen LogP contribution < -0.4 is 19.4 Å². The minimum absolute atomic E-state index is 0.184. The van der Waals surface area contributed by atoms with Crippen molar-refractivity contribution in [2.24, 2.45) is 11.8 Å². The molecule has 0 aromatic carbocycles. The third-order valence-corrected chi connectivity index (χ3v) is 4.82. The van der Waals surface area contributed by atoms with E-state index in [1.807, 2.05) is 0 Å². The Bertz CT molecular complexity index is 771. The Morgan fingerprint density at radius 2 is 1.29 bits per heavy atom. The van der Waals surface area contributed by atoms with Crippen LogP contribution in [0.3, 0.4) is 0 Å². The van der Waals surface area contributed by atoms with Crippen molar-refractivity contribution in [2.45, 2.75) is 25.7 Å². The molecule has 2 aromatic heterocycles. The summed E-state index contributed by atoms with van der Waals surface area (Å²) in [6.45, 7) is 0. The summed E-state index contributed by atoms with van der Waals surface area (Å²) < 4.78 is 19.5. The monoisotopic (exact) mass is 372 g/mol. The summed E-state index contributed by atoms with van der Waals surface area (Å²) in [6.07, 6.45) is 2.45. The molecule has 1 saturated carbocycles. The van der Waals surface area contributed by atoms with Gasteiger partial charge in [0.05, 0.1) is 22.6 Å². The first-order valence-electron chi connectivity index (χ1n) is 7.13. The molecule has 24 heavy (non-hydrogen) atoms. The Labute approximate surface area is 142 Å². The summed E-state index contributed by atoms with van der Waals surface area (Å²) in [5.41, 5.74) is 0. The zero-order valence-corrected chi connectivity index (χ0v) is 13.9. The normalized spacial score (nSPS) is 20.5. The van der Waals surface area contributed by atoms with E-state index >= 15 is 0 Å². The van der Waals surface area contributed by atoms with E-state index < -0.39 is 33.7 Å². The molecular formula is C14H12O8S2. The zero-order chi connectivity index (χ0) is 17.1. The Balaban J connectivity index is 1.70. The van der Waals surface area contributed by atoms with Crippen LogP contribution in [0.1, 0.15) is 25.7 Å². The van der Waals surface area contributed by atoms with Gasteiger partial charge < -0.3 is 18.3 Å². The molecule has 0 radical (unpaired) electrons. The highest BCUT2D eigenvalue weighted by Gasteiger charge is 2.39. The lowest BCUT2D eigenvalue weighted by atomic mass is 9.79. The van der Waals surface area contributed by atoms with Crippen LogP contribution in [0.5, 0.6) is 11.9 Å². The van der Waals surface area contributed by atoms with Crippen molar-refractivity contribution >= 4 is 34.6 Å². The fourth-order valence-corrected chi connectivity index (χ4v) is 3.43. The van der Waals surface area contributed by atoms with Gasteiger partial charge in [-0.2, -0.15) is 0 Å². The zero-order valence-electron chi connectivity index (χ0n) is 12.2. The summed E-state index contributed by atoms with van der Waals surface area (Å²) in [4.78, 5) is 45.4. The molecule has 8 nitrogen and oxygen atoms in total. The van der Waals surface area contributed by atoms with Crippen LogP contribution in [0, 0.1) is 11.8 Å². The molecule has 0 bridgehead atoms. The van der Waals surface area contributed by atoms with Gasteiger partial charge in [-0.05, 0) is 12.8 Å². The maximum Gasteiger partial charge on any atom is 0.398 e. The summed E-state index contributed by atoms with van der Waals surface area (Å²) in [7, 11) is 0. The number of hydrogen-bond donors (Lipinski definition) is 0. The number of rotatable bonds is 4. The van der Waals surface area contributed by atoms with Gasteiger partial charge in [0.2, 0.25) is 0 Å². The Hall–Kier alpha value is -2.20. The van der Waals surface area contributed by atoms with E-state index in [0.29, 0.717) is 12.8 Å². The first-order valence-corrected chi connectivity index (χ1v) is 8.89. The van der Waals surface area contributed by atoms with Gasteiger partial charge in [-0.15, -0.1) is 0 Å². The first kappa shape index (κ1) is 16.7. The molecule has 2 atom stereocenters. The van der Waals surface area contributed by atoms with Crippen molar-refractivity contribution in [1.82, 2.24) is 0 Å². The highest BCUT2D eigenvalue weighted by atomic mass is 32.1. The number of carbonyl (C=O) groups is 2. The summed E-state index contributed by atoms with van der Waals surface area (Å²) in [6, 6.07) is 0. The predicted molar refractivity (Wildman–Crippen MR) is 82.4 cm³/mol. The van der Waals surface area contributed by atoms with Crippen LogP contribution in [-0.4, -0.2) is 11.9 Å². The van der Waals surface area contributed by atoms with Gasteiger partial charge in [0.25, 0.3) is 0 Å². The predicted octanol–water partition coefficient (Wildman–Crippen LogP) is 2.03. The molecule has 0 spiro atoms. The lowest BCUT2D eigenvalue weighted by Crippen LogP contribution is -2.37. The van der Waals surface area contributed by atoms with Crippen LogP contribution >= 0.6 is 22.7 Å². The largest absolute Gasteiger partial charge is 0.398 e. The third kappa shape index (κ3) is 3.82. The average molecular weight is 372 g/mol. The smallest absolute Gasteiger partial charge is 0.392 e. The minimum atomic E-state index is -0.707. The van der Waals surface area contributed by atoms with Crippen molar-refractivity contribution in [3.8, 4) is 11.9 Å². The van der Waals surface area contributed by atoms with Crippen molar-refractivity contribution in [3.05, 3.63) is 30.2 Å². The number of hydrogen-bond acceptors (Lipinski definition) is 10. The maximum atomic E-state index is 12.3. The number of ether oxygens (including phenoxy) is 2. The average Bonchev–Trinajstić information content (AvgIpc) is 3.15. The van der Waals surface area contributed by atoms with Crippen LogP contribution in [0.15, 0.2) is 29.2 Å². The van der Waals surface area contributed by atoms with Crippen LogP contribution in [0.25, 0.3) is 0 Å². The minimum Gasteiger partial charge on any atom is -0.392 e. The molecule has 2 aromatic rings. The summed E-state index contributed by atoms with van der Waals surface area (Å²) >= 11 is 1.54. The summed E-state index contributed by atoms with van der Waals surface area (Å²) in [5.74, 6) is -3.08. The molecule has 128 valence electrons. The molecule has 0 aliphatic heterocycles. The number of esters is 2. The topological polar surface area (TPSA) is 113 Å². The van der Waals surface area contributed by atoms with Gasteiger partial charge in [0.1, 0.15) is 0 Å². The molecule has 1 aliphatic rings. The first-order chi connectivity index (χ1) is 11.5. The van der Waals surface area contributed by atoms with Gasteiger partial charge in [-0.1, -0.05) is 35.5 Å². The van der Waals surface area contributed by atoms with E-state index in [1.165, 1.54) is 10.8 Å². The third-order valence-electron chi connectivity index (χ3n) is 3.64. The lowest BCUT2D eigenvalue weighted by molar-refractivity contribution is -0.153. The summed E-state index contributed by atoms with van der Waals surface area (Å²) in [5, 5.41) is 2.58. The van der Waals surface area contributed by atoms with Gasteiger partial charge in [-0.3, -0.25) is 9.59 Å². The molecule has 1 fully saturated rings. The van der Waals surface area contributed by atoms with E-state index in [1.54, 1.807) is 0 Å². The second-order valence-electron chi connectivity index (χ2n) is 5.15. The van der Waals surface area contributed by atoms with Gasteiger partial charge in [0.15, 0.2) is 0 Å². The van der Waals surface area contributed by atoms with Crippen molar-refractivity contribution in [1.29, 1.82) is 0 Å². The molecule has 2 heterocycles. The van der Waals surface area contributed by atoms with E-state index in [4.69, 9.17) is 18.3 Å². The Kier molecular flexibility index (Phi) is 4.95. The van der Waals surface area contributed by atoms with E-state index in [9.17, 15) is 19.2 Å². The quantitative estimate of drug-likeness (QED) is 0.749. The Morgan fingerprint density at radius 3 is 1.62 bits per heavy atom. The molecular weight excluding hydrogens is 360 g/mol. The molecule has 0 N–H and O–H groups in total. The molecule has 2 unspecified atom stereocenters.